The number of hydrogen-bond donors (Lipinski definition) is 1. The molecule has 27 heavy (non-hydrogen) atoms. The average Bonchev–Trinajstić information content (AvgIpc) is 3.32. The molecule has 0 saturated heterocycles. The fraction of sp³-hybridized carbons (Fsp3) is 0.421. The van der Waals surface area contributed by atoms with E-state index in [0.29, 0.717) is 16.6 Å². The summed E-state index contributed by atoms with van der Waals surface area (Å²) < 4.78 is 12.4. The molecule has 1 N–H and O–H groups in total. The molecule has 1 atom stereocenters. The fourth-order valence-electron chi connectivity index (χ4n) is 2.69. The van der Waals surface area contributed by atoms with Gasteiger partial charge in [0, 0.05) is 11.9 Å². The third-order valence-electron chi connectivity index (χ3n) is 4.02. The Morgan fingerprint density at radius 2 is 2.15 bits per heavy atom. The highest BCUT2D eigenvalue weighted by atomic mass is 32.1. The smallest absolute Gasteiger partial charge is 0.349 e. The summed E-state index contributed by atoms with van der Waals surface area (Å²) in [4.78, 5) is 26.0. The maximum Gasteiger partial charge on any atom is 0.349 e. The summed E-state index contributed by atoms with van der Waals surface area (Å²) >= 11 is 1.34. The van der Waals surface area contributed by atoms with Gasteiger partial charge in [-0.25, -0.2) is 4.79 Å². The Morgan fingerprint density at radius 3 is 2.81 bits per heavy atom. The lowest BCUT2D eigenvalue weighted by Gasteiger charge is -2.12. The predicted octanol–water partition coefficient (Wildman–Crippen LogP) is 3.52. The Hall–Kier alpha value is -2.61. The van der Waals surface area contributed by atoms with E-state index in [4.69, 9.17) is 9.15 Å². The third kappa shape index (κ3) is 4.39. The molecule has 3 aromatic heterocycles. The molecule has 0 spiro atoms. The van der Waals surface area contributed by atoms with Gasteiger partial charge >= 0.3 is 5.97 Å². The number of nitrogens with one attached hydrogen (secondary N) is 1. The van der Waals surface area contributed by atoms with Crippen LogP contribution in [0.4, 0.5) is 0 Å². The number of ether oxygens (including phenoxy) is 1. The van der Waals surface area contributed by atoms with Gasteiger partial charge in [-0.05, 0) is 38.0 Å². The van der Waals surface area contributed by atoms with E-state index in [0.717, 1.165) is 22.5 Å². The molecule has 0 aliphatic heterocycles. The number of furan rings is 1. The lowest BCUT2D eigenvalue weighted by molar-refractivity contribution is -0.129. The summed E-state index contributed by atoms with van der Waals surface area (Å²) in [6.07, 6.45) is 0.639. The summed E-state index contributed by atoms with van der Waals surface area (Å²) in [7, 11) is 0. The van der Waals surface area contributed by atoms with E-state index in [2.05, 4.69) is 24.3 Å². The maximum absolute atomic E-state index is 12.5. The van der Waals surface area contributed by atoms with Gasteiger partial charge in [-0.1, -0.05) is 13.8 Å². The Balaban J connectivity index is 1.65. The Morgan fingerprint density at radius 1 is 1.37 bits per heavy atom. The highest BCUT2D eigenvalue weighted by molar-refractivity contribution is 7.20. The largest absolute Gasteiger partial charge is 0.467 e. The molecule has 1 unspecified atom stereocenters. The van der Waals surface area contributed by atoms with Crippen LogP contribution >= 0.6 is 11.3 Å². The van der Waals surface area contributed by atoms with Crippen LogP contribution in [0.15, 0.2) is 28.9 Å². The summed E-state index contributed by atoms with van der Waals surface area (Å²) in [5, 5.41) is 8.16. The summed E-state index contributed by atoms with van der Waals surface area (Å²) in [6, 6.07) is 5.29. The van der Waals surface area contributed by atoms with Gasteiger partial charge in [0.05, 0.1) is 18.5 Å². The quantitative estimate of drug-likeness (QED) is 0.625. The van der Waals surface area contributed by atoms with Crippen molar-refractivity contribution in [3.63, 3.8) is 0 Å². The molecule has 0 aromatic carbocycles. The molecule has 0 bridgehead atoms. The lowest BCUT2D eigenvalue weighted by atomic mass is 10.2. The Kier molecular flexibility index (Phi) is 5.65. The van der Waals surface area contributed by atoms with Gasteiger partial charge in [-0.2, -0.15) is 5.10 Å². The van der Waals surface area contributed by atoms with Crippen molar-refractivity contribution >= 4 is 33.4 Å². The zero-order valence-electron chi connectivity index (χ0n) is 15.8. The molecule has 0 radical (unpaired) electrons. The summed E-state index contributed by atoms with van der Waals surface area (Å²) in [5.74, 6) is 0.204. The second-order valence-corrected chi connectivity index (χ2v) is 7.87. The predicted molar refractivity (Wildman–Crippen MR) is 103 cm³/mol. The van der Waals surface area contributed by atoms with Gasteiger partial charge in [0.1, 0.15) is 15.5 Å². The van der Waals surface area contributed by atoms with Gasteiger partial charge in [-0.3, -0.25) is 9.48 Å². The molecule has 144 valence electrons. The highest BCUT2D eigenvalue weighted by Crippen LogP contribution is 2.29. The number of fused-ring (bicyclic) bond motifs is 1. The van der Waals surface area contributed by atoms with Crippen molar-refractivity contribution < 1.29 is 18.7 Å². The monoisotopic (exact) mass is 389 g/mol. The normalized spacial score (nSPS) is 12.5. The SMILES string of the molecule is Cc1nn(CC(C)C)c2sc(C(=O)OC(C)C(=O)NCc3ccco3)cc12. The zero-order chi connectivity index (χ0) is 19.6. The van der Waals surface area contributed by atoms with E-state index in [9.17, 15) is 9.59 Å². The van der Waals surface area contributed by atoms with Crippen molar-refractivity contribution in [2.24, 2.45) is 5.92 Å². The van der Waals surface area contributed by atoms with Gasteiger partial charge < -0.3 is 14.5 Å². The van der Waals surface area contributed by atoms with Crippen LogP contribution in [0, 0.1) is 12.8 Å². The first-order chi connectivity index (χ1) is 12.8. The Bertz CT molecular complexity index is 940. The second-order valence-electron chi connectivity index (χ2n) is 6.84. The van der Waals surface area contributed by atoms with Crippen LogP contribution in [0.25, 0.3) is 10.2 Å². The molecule has 8 heteroatoms. The van der Waals surface area contributed by atoms with E-state index in [1.165, 1.54) is 17.6 Å². The van der Waals surface area contributed by atoms with Crippen molar-refractivity contribution in [3.05, 3.63) is 40.8 Å². The maximum atomic E-state index is 12.5. The van der Waals surface area contributed by atoms with Crippen LogP contribution in [0.5, 0.6) is 0 Å². The van der Waals surface area contributed by atoms with Crippen LogP contribution in [0.1, 0.15) is 41.9 Å². The standard InChI is InChI=1S/C19H23N3O4S/c1-11(2)10-22-18-15(12(3)21-22)8-16(27-18)19(24)26-13(4)17(23)20-9-14-6-5-7-25-14/h5-8,11,13H,9-10H2,1-4H3,(H,20,23). The number of aryl methyl sites for hydroxylation is 1. The van der Waals surface area contributed by atoms with Gasteiger partial charge in [0.25, 0.3) is 5.91 Å². The number of aromatic nitrogens is 2. The number of hydrogen-bond acceptors (Lipinski definition) is 6. The van der Waals surface area contributed by atoms with Crippen molar-refractivity contribution in [1.29, 1.82) is 0 Å². The van der Waals surface area contributed by atoms with Crippen LogP contribution in [0.3, 0.4) is 0 Å². The third-order valence-corrected chi connectivity index (χ3v) is 5.15. The Labute approximate surface area is 161 Å². The molecule has 0 aliphatic rings. The molecule has 3 aromatic rings. The minimum atomic E-state index is -0.897. The van der Waals surface area contributed by atoms with Crippen LogP contribution < -0.4 is 5.32 Å². The van der Waals surface area contributed by atoms with E-state index >= 15 is 0 Å². The molecule has 1 amide bonds. The van der Waals surface area contributed by atoms with E-state index < -0.39 is 12.1 Å². The molecule has 0 aliphatic carbocycles. The minimum Gasteiger partial charge on any atom is -0.467 e. The van der Waals surface area contributed by atoms with Gasteiger partial charge in [0.15, 0.2) is 6.10 Å². The molecular formula is C19H23N3O4S. The molecular weight excluding hydrogens is 366 g/mol. The number of amides is 1. The molecule has 0 saturated carbocycles. The van der Waals surface area contributed by atoms with Gasteiger partial charge in [0.2, 0.25) is 0 Å². The molecule has 0 fully saturated rings. The number of rotatable bonds is 7. The van der Waals surface area contributed by atoms with E-state index in [-0.39, 0.29) is 12.5 Å². The van der Waals surface area contributed by atoms with Crippen molar-refractivity contribution in [3.8, 4) is 0 Å². The number of nitrogens with zero attached hydrogens (tertiary/aromatic N) is 2. The lowest BCUT2D eigenvalue weighted by Crippen LogP contribution is -2.35. The highest BCUT2D eigenvalue weighted by Gasteiger charge is 2.22. The average molecular weight is 389 g/mol. The van der Waals surface area contributed by atoms with Crippen molar-refractivity contribution in [2.45, 2.75) is 46.9 Å². The van der Waals surface area contributed by atoms with Gasteiger partial charge in [-0.15, -0.1) is 11.3 Å². The molecule has 7 nitrogen and oxygen atoms in total. The van der Waals surface area contributed by atoms with Crippen LogP contribution in [0.2, 0.25) is 0 Å². The summed E-state index contributed by atoms with van der Waals surface area (Å²) in [6.45, 7) is 8.75. The minimum absolute atomic E-state index is 0.251. The first-order valence-electron chi connectivity index (χ1n) is 8.83. The zero-order valence-corrected chi connectivity index (χ0v) is 16.6. The topological polar surface area (TPSA) is 86.4 Å². The van der Waals surface area contributed by atoms with Crippen LogP contribution in [-0.2, 0) is 22.6 Å². The first kappa shape index (κ1) is 19.2. The van der Waals surface area contributed by atoms with E-state index in [1.54, 1.807) is 25.1 Å². The number of thiophene rings is 1. The van der Waals surface area contributed by atoms with Crippen LogP contribution in [-0.4, -0.2) is 27.8 Å². The number of esters is 1. The fourth-order valence-corrected chi connectivity index (χ4v) is 3.74. The second kappa shape index (κ2) is 7.96. The molecule has 3 rings (SSSR count). The number of carbonyl (C=O) groups is 2. The first-order valence-corrected chi connectivity index (χ1v) is 9.64. The number of carbonyl (C=O) groups excluding carboxylic acids is 2. The summed E-state index contributed by atoms with van der Waals surface area (Å²) in [5.41, 5.74) is 0.880. The van der Waals surface area contributed by atoms with Crippen molar-refractivity contribution in [1.82, 2.24) is 15.1 Å². The molecule has 3 heterocycles. The van der Waals surface area contributed by atoms with Crippen molar-refractivity contribution in [2.75, 3.05) is 0 Å². The van der Waals surface area contributed by atoms with E-state index in [1.807, 2.05) is 11.6 Å².